The van der Waals surface area contributed by atoms with Crippen molar-refractivity contribution >= 4 is 33.7 Å². The van der Waals surface area contributed by atoms with Crippen LogP contribution in [0.1, 0.15) is 32.7 Å². The van der Waals surface area contributed by atoms with Gasteiger partial charge in [-0.15, -0.1) is 6.58 Å². The van der Waals surface area contributed by atoms with Crippen LogP contribution in [0.3, 0.4) is 0 Å². The van der Waals surface area contributed by atoms with Crippen LogP contribution in [0.15, 0.2) is 66.4 Å². The summed E-state index contributed by atoms with van der Waals surface area (Å²) in [6.07, 6.45) is 7.07. The Hall–Kier alpha value is -4.51. The topological polar surface area (TPSA) is 108 Å². The molecule has 11 nitrogen and oxygen atoms in total. The van der Waals surface area contributed by atoms with Gasteiger partial charge >= 0.3 is 0 Å². The molecule has 11 heteroatoms. The molecule has 5 aromatic rings. The van der Waals surface area contributed by atoms with Crippen molar-refractivity contribution in [2.24, 2.45) is 0 Å². The lowest BCUT2D eigenvalue weighted by Crippen LogP contribution is -2.35. The molecule has 1 aliphatic rings. The van der Waals surface area contributed by atoms with Crippen molar-refractivity contribution in [3.05, 3.63) is 71.9 Å². The molecule has 0 aliphatic carbocycles. The number of likely N-dealkylation sites (tertiary alicyclic amines) is 1. The van der Waals surface area contributed by atoms with Gasteiger partial charge in [-0.05, 0) is 58.0 Å². The lowest BCUT2D eigenvalue weighted by Gasteiger charge is -2.29. The second-order valence-corrected chi connectivity index (χ2v) is 10.4. The Labute approximate surface area is 231 Å². The third-order valence-corrected chi connectivity index (χ3v) is 7.24. The van der Waals surface area contributed by atoms with Crippen LogP contribution in [0.2, 0.25) is 0 Å². The minimum atomic E-state index is -0.217. The summed E-state index contributed by atoms with van der Waals surface area (Å²) in [5.74, 6) is 1.41. The predicted octanol–water partition coefficient (Wildman–Crippen LogP) is 4.31. The maximum atomic E-state index is 13.3. The van der Waals surface area contributed by atoms with Crippen molar-refractivity contribution in [3.8, 4) is 11.7 Å². The Morgan fingerprint density at radius 2 is 1.98 bits per heavy atom. The summed E-state index contributed by atoms with van der Waals surface area (Å²) in [4.78, 5) is 34.1. The number of hydrogen-bond donors (Lipinski definition) is 1. The fourth-order valence-electron chi connectivity index (χ4n) is 5.12. The molecule has 1 saturated heterocycles. The maximum absolute atomic E-state index is 13.3. The molecule has 206 valence electrons. The molecule has 1 aromatic carbocycles. The fourth-order valence-corrected chi connectivity index (χ4v) is 5.12. The van der Waals surface area contributed by atoms with Crippen molar-refractivity contribution < 1.29 is 4.74 Å². The summed E-state index contributed by atoms with van der Waals surface area (Å²) >= 11 is 0. The normalized spacial score (nSPS) is 14.8. The van der Waals surface area contributed by atoms with Crippen LogP contribution in [0.25, 0.3) is 27.9 Å². The van der Waals surface area contributed by atoms with Crippen molar-refractivity contribution in [1.29, 1.82) is 0 Å². The lowest BCUT2D eigenvalue weighted by atomic mass is 10.1. The molecular weight excluding hydrogens is 506 g/mol. The lowest BCUT2D eigenvalue weighted by molar-refractivity contribution is 0.110. The zero-order chi connectivity index (χ0) is 27.8. The van der Waals surface area contributed by atoms with E-state index in [1.165, 1.54) is 0 Å². The highest BCUT2D eigenvalue weighted by molar-refractivity contribution is 5.81. The first-order valence-electron chi connectivity index (χ1n) is 13.6. The summed E-state index contributed by atoms with van der Waals surface area (Å²) < 4.78 is 11.6. The van der Waals surface area contributed by atoms with Crippen LogP contribution in [-0.2, 0) is 6.54 Å². The quantitative estimate of drug-likeness (QED) is 0.291. The second kappa shape index (κ2) is 10.6. The molecule has 0 spiro atoms. The highest BCUT2D eigenvalue weighted by Crippen LogP contribution is 2.24. The molecule has 6 rings (SSSR count). The first kappa shape index (κ1) is 25.8. The highest BCUT2D eigenvalue weighted by atomic mass is 16.5. The minimum absolute atomic E-state index is 0.109. The number of pyridine rings is 1. The van der Waals surface area contributed by atoms with E-state index in [-0.39, 0.29) is 18.2 Å². The number of nitrogens with one attached hydrogen (secondary N) is 1. The molecule has 0 amide bonds. The molecule has 4 aromatic heterocycles. The minimum Gasteiger partial charge on any atom is -0.474 e. The van der Waals surface area contributed by atoms with E-state index >= 15 is 0 Å². The van der Waals surface area contributed by atoms with Crippen LogP contribution in [0, 0.1) is 0 Å². The fraction of sp³-hybridized carbons (Fsp3) is 0.345. The molecule has 1 fully saturated rings. The number of imidazole rings is 1. The van der Waals surface area contributed by atoms with Gasteiger partial charge in [-0.25, -0.2) is 19.3 Å². The molecule has 40 heavy (non-hydrogen) atoms. The third-order valence-electron chi connectivity index (χ3n) is 7.24. The third kappa shape index (κ3) is 4.84. The van der Waals surface area contributed by atoms with Crippen molar-refractivity contribution in [3.63, 3.8) is 0 Å². The van der Waals surface area contributed by atoms with Crippen LogP contribution < -0.4 is 15.6 Å². The van der Waals surface area contributed by atoms with Crippen LogP contribution in [0.4, 0.5) is 11.6 Å². The number of ether oxygens (including phenoxy) is 1. The van der Waals surface area contributed by atoms with E-state index in [1.54, 1.807) is 21.6 Å². The number of aromatic nitrogens is 7. The summed E-state index contributed by atoms with van der Waals surface area (Å²) in [5.41, 5.74) is 2.95. The molecular formula is C29H33N9O2. The molecule has 5 heterocycles. The Balaban J connectivity index is 1.36. The van der Waals surface area contributed by atoms with Gasteiger partial charge < -0.3 is 19.5 Å². The Morgan fingerprint density at radius 1 is 1.15 bits per heavy atom. The van der Waals surface area contributed by atoms with Gasteiger partial charge in [0.25, 0.3) is 5.56 Å². The standard InChI is InChI=1S/C29H33N9O2/c1-5-13-37-28(39)22-17-30-29(32-20-9-10-24-23(16-20)31-18-36(24)19(2)3)34-27(22)38(37)25-7-6-8-26(33-25)40-21-11-14-35(4)15-12-21/h5-10,16-19,21H,1,11-15H2,2-4H3,(H,30,32,34). The number of hydrogen-bond acceptors (Lipinski definition) is 8. The molecule has 1 N–H and O–H groups in total. The van der Waals surface area contributed by atoms with Gasteiger partial charge in [-0.3, -0.25) is 4.79 Å². The zero-order valence-electron chi connectivity index (χ0n) is 23.0. The Morgan fingerprint density at radius 3 is 2.75 bits per heavy atom. The van der Waals surface area contributed by atoms with Crippen molar-refractivity contribution in [2.75, 3.05) is 25.5 Å². The van der Waals surface area contributed by atoms with E-state index in [4.69, 9.17) is 14.7 Å². The van der Waals surface area contributed by atoms with Gasteiger partial charge in [0.15, 0.2) is 11.5 Å². The molecule has 0 radical (unpaired) electrons. The van der Waals surface area contributed by atoms with Gasteiger partial charge in [0.1, 0.15) is 11.5 Å². The van der Waals surface area contributed by atoms with Crippen molar-refractivity contribution in [1.82, 2.24) is 38.8 Å². The SMILES string of the molecule is C=CCn1c(=O)c2cnc(Nc3ccc4c(c3)ncn4C(C)C)nc2n1-c1cccc(OC2CCN(C)CC2)n1. The molecule has 1 aliphatic heterocycles. The van der Waals surface area contributed by atoms with Crippen LogP contribution in [0.5, 0.6) is 5.88 Å². The molecule has 0 bridgehead atoms. The summed E-state index contributed by atoms with van der Waals surface area (Å²) in [6.45, 7) is 10.4. The number of benzene rings is 1. The molecule has 0 unspecified atom stereocenters. The number of piperidine rings is 1. The van der Waals surface area contributed by atoms with E-state index in [1.807, 2.05) is 42.7 Å². The highest BCUT2D eigenvalue weighted by Gasteiger charge is 2.21. The Bertz CT molecular complexity index is 1740. The van der Waals surface area contributed by atoms with E-state index in [9.17, 15) is 4.79 Å². The molecule has 0 atom stereocenters. The smallest absolute Gasteiger partial charge is 0.278 e. The van der Waals surface area contributed by atoms with Gasteiger partial charge in [0.2, 0.25) is 11.8 Å². The van der Waals surface area contributed by atoms with E-state index in [2.05, 4.69) is 52.2 Å². The summed E-state index contributed by atoms with van der Waals surface area (Å²) in [5, 5.41) is 3.66. The largest absolute Gasteiger partial charge is 0.474 e. The van der Waals surface area contributed by atoms with Crippen LogP contribution >= 0.6 is 0 Å². The maximum Gasteiger partial charge on any atom is 0.278 e. The number of fused-ring (bicyclic) bond motifs is 2. The second-order valence-electron chi connectivity index (χ2n) is 10.4. The summed E-state index contributed by atoms with van der Waals surface area (Å²) in [6, 6.07) is 11.8. The number of allylic oxidation sites excluding steroid dienone is 1. The van der Waals surface area contributed by atoms with Crippen LogP contribution in [-0.4, -0.2) is 65.0 Å². The average Bonchev–Trinajstić information content (AvgIpc) is 3.49. The van der Waals surface area contributed by atoms with E-state index in [0.717, 1.165) is 42.7 Å². The first-order chi connectivity index (χ1) is 19.4. The van der Waals surface area contributed by atoms with Gasteiger partial charge in [0, 0.05) is 37.1 Å². The zero-order valence-corrected chi connectivity index (χ0v) is 23.0. The van der Waals surface area contributed by atoms with Crippen molar-refractivity contribution in [2.45, 2.75) is 45.4 Å². The number of nitrogens with zero attached hydrogens (tertiary/aromatic N) is 8. The number of anilines is 2. The number of rotatable bonds is 8. The predicted molar refractivity (Wildman–Crippen MR) is 156 cm³/mol. The van der Waals surface area contributed by atoms with Gasteiger partial charge in [-0.2, -0.15) is 9.97 Å². The first-order valence-corrected chi connectivity index (χ1v) is 13.6. The van der Waals surface area contributed by atoms with Gasteiger partial charge in [-0.1, -0.05) is 12.1 Å². The Kier molecular flexibility index (Phi) is 6.81. The average molecular weight is 540 g/mol. The summed E-state index contributed by atoms with van der Waals surface area (Å²) in [7, 11) is 2.12. The molecule has 0 saturated carbocycles. The van der Waals surface area contributed by atoms with Gasteiger partial charge in [0.05, 0.1) is 23.9 Å². The van der Waals surface area contributed by atoms with E-state index < -0.39 is 0 Å². The van der Waals surface area contributed by atoms with E-state index in [0.29, 0.717) is 34.7 Å². The monoisotopic (exact) mass is 539 g/mol.